The number of hydrogen-bond acceptors (Lipinski definition) is 2. The highest BCUT2D eigenvalue weighted by molar-refractivity contribution is 4.64. The van der Waals surface area contributed by atoms with E-state index in [1.165, 1.54) is 19.3 Å². The molecule has 0 aromatic heterocycles. The SMILES string of the molecule is CCCCCN(C)[C@H](CC)CO. The van der Waals surface area contributed by atoms with E-state index in [4.69, 9.17) is 5.11 Å². The molecule has 0 aliphatic rings. The Morgan fingerprint density at radius 1 is 1.25 bits per heavy atom. The minimum Gasteiger partial charge on any atom is -0.395 e. The molecule has 0 aliphatic heterocycles. The maximum atomic E-state index is 9.01. The number of hydrogen-bond donors (Lipinski definition) is 1. The van der Waals surface area contributed by atoms with Crippen molar-refractivity contribution >= 4 is 0 Å². The lowest BCUT2D eigenvalue weighted by atomic mass is 10.2. The van der Waals surface area contributed by atoms with Gasteiger partial charge < -0.3 is 10.0 Å². The normalized spacial score (nSPS) is 13.8. The molecule has 0 aliphatic carbocycles. The summed E-state index contributed by atoms with van der Waals surface area (Å²) in [6.07, 6.45) is 4.86. The second kappa shape index (κ2) is 7.56. The lowest BCUT2D eigenvalue weighted by Crippen LogP contribution is -2.34. The molecule has 1 N–H and O–H groups in total. The zero-order chi connectivity index (χ0) is 9.40. The summed E-state index contributed by atoms with van der Waals surface area (Å²) in [4.78, 5) is 2.26. The quantitative estimate of drug-likeness (QED) is 0.594. The third kappa shape index (κ3) is 4.73. The van der Waals surface area contributed by atoms with Gasteiger partial charge in [-0.2, -0.15) is 0 Å². The largest absolute Gasteiger partial charge is 0.395 e. The van der Waals surface area contributed by atoms with Gasteiger partial charge in [-0.1, -0.05) is 26.7 Å². The first-order valence-corrected chi connectivity index (χ1v) is 5.07. The van der Waals surface area contributed by atoms with Crippen molar-refractivity contribution in [2.45, 2.75) is 45.6 Å². The molecular formula is C10H23NO. The Morgan fingerprint density at radius 3 is 2.33 bits per heavy atom. The summed E-state index contributed by atoms with van der Waals surface area (Å²) in [6, 6.07) is 0.363. The molecule has 0 aromatic rings. The lowest BCUT2D eigenvalue weighted by Gasteiger charge is -2.24. The Bertz CT molecular complexity index is 91.8. The first-order valence-electron chi connectivity index (χ1n) is 5.07. The molecular weight excluding hydrogens is 150 g/mol. The fraction of sp³-hybridized carbons (Fsp3) is 1.00. The molecule has 0 aromatic carbocycles. The van der Waals surface area contributed by atoms with Gasteiger partial charge in [0.05, 0.1) is 6.61 Å². The molecule has 0 unspecified atom stereocenters. The van der Waals surface area contributed by atoms with Crippen LogP contribution in [0.5, 0.6) is 0 Å². The highest BCUT2D eigenvalue weighted by Crippen LogP contribution is 2.03. The third-order valence-corrected chi connectivity index (χ3v) is 2.42. The van der Waals surface area contributed by atoms with Crippen LogP contribution in [0.4, 0.5) is 0 Å². The number of aliphatic hydroxyl groups is 1. The Morgan fingerprint density at radius 2 is 1.92 bits per heavy atom. The van der Waals surface area contributed by atoms with Crippen molar-refractivity contribution in [2.75, 3.05) is 20.2 Å². The average molecular weight is 173 g/mol. The number of likely N-dealkylation sites (N-methyl/N-ethyl adjacent to an activating group) is 1. The first-order chi connectivity index (χ1) is 5.76. The monoisotopic (exact) mass is 173 g/mol. The van der Waals surface area contributed by atoms with Crippen molar-refractivity contribution in [1.82, 2.24) is 4.90 Å². The van der Waals surface area contributed by atoms with Gasteiger partial charge in [0.15, 0.2) is 0 Å². The van der Waals surface area contributed by atoms with Gasteiger partial charge in [-0.05, 0) is 26.4 Å². The third-order valence-electron chi connectivity index (χ3n) is 2.42. The van der Waals surface area contributed by atoms with Crippen molar-refractivity contribution in [2.24, 2.45) is 0 Å². The van der Waals surface area contributed by atoms with Crippen LogP contribution in [0, 0.1) is 0 Å². The molecule has 0 saturated carbocycles. The number of aliphatic hydroxyl groups excluding tert-OH is 1. The van der Waals surface area contributed by atoms with Crippen LogP contribution in [0.1, 0.15) is 39.5 Å². The fourth-order valence-corrected chi connectivity index (χ4v) is 1.37. The molecule has 0 radical (unpaired) electrons. The molecule has 1 atom stereocenters. The van der Waals surface area contributed by atoms with Gasteiger partial charge >= 0.3 is 0 Å². The van der Waals surface area contributed by atoms with Crippen LogP contribution in [-0.4, -0.2) is 36.2 Å². The molecule has 0 saturated heterocycles. The van der Waals surface area contributed by atoms with E-state index < -0.39 is 0 Å². The van der Waals surface area contributed by atoms with Gasteiger partial charge in [-0.3, -0.25) is 0 Å². The summed E-state index contributed by atoms with van der Waals surface area (Å²) in [5.74, 6) is 0. The van der Waals surface area contributed by atoms with E-state index in [1.807, 2.05) is 0 Å². The van der Waals surface area contributed by atoms with E-state index in [0.717, 1.165) is 13.0 Å². The van der Waals surface area contributed by atoms with E-state index >= 15 is 0 Å². The van der Waals surface area contributed by atoms with Gasteiger partial charge in [-0.15, -0.1) is 0 Å². The van der Waals surface area contributed by atoms with Crippen LogP contribution >= 0.6 is 0 Å². The molecule has 2 heteroatoms. The average Bonchev–Trinajstić information content (AvgIpc) is 2.07. The molecule has 0 heterocycles. The van der Waals surface area contributed by atoms with E-state index in [9.17, 15) is 0 Å². The van der Waals surface area contributed by atoms with Crippen molar-refractivity contribution in [3.05, 3.63) is 0 Å². The summed E-state index contributed by atoms with van der Waals surface area (Å²) in [6.45, 7) is 5.74. The van der Waals surface area contributed by atoms with Crippen LogP contribution < -0.4 is 0 Å². The molecule has 2 nitrogen and oxygen atoms in total. The summed E-state index contributed by atoms with van der Waals surface area (Å²) < 4.78 is 0. The van der Waals surface area contributed by atoms with Crippen molar-refractivity contribution < 1.29 is 5.11 Å². The molecule has 0 bridgehead atoms. The molecule has 74 valence electrons. The Kier molecular flexibility index (Phi) is 7.51. The van der Waals surface area contributed by atoms with Crippen molar-refractivity contribution in [1.29, 1.82) is 0 Å². The molecule has 0 spiro atoms. The molecule has 0 amide bonds. The fourth-order valence-electron chi connectivity index (χ4n) is 1.37. The number of unbranched alkanes of at least 4 members (excludes halogenated alkanes) is 2. The van der Waals surface area contributed by atoms with Gasteiger partial charge in [0, 0.05) is 6.04 Å². The summed E-state index contributed by atoms with van der Waals surface area (Å²) in [7, 11) is 2.10. The second-order valence-electron chi connectivity index (χ2n) is 3.43. The predicted octanol–water partition coefficient (Wildman–Crippen LogP) is 1.88. The summed E-state index contributed by atoms with van der Waals surface area (Å²) in [5.41, 5.74) is 0. The minimum atomic E-state index is 0.291. The van der Waals surface area contributed by atoms with Gasteiger partial charge in [0.25, 0.3) is 0 Å². The summed E-state index contributed by atoms with van der Waals surface area (Å²) >= 11 is 0. The van der Waals surface area contributed by atoms with E-state index in [2.05, 4.69) is 25.8 Å². The lowest BCUT2D eigenvalue weighted by molar-refractivity contribution is 0.142. The highest BCUT2D eigenvalue weighted by atomic mass is 16.3. The molecule has 12 heavy (non-hydrogen) atoms. The van der Waals surface area contributed by atoms with Crippen LogP contribution in [-0.2, 0) is 0 Å². The van der Waals surface area contributed by atoms with Gasteiger partial charge in [-0.25, -0.2) is 0 Å². The molecule has 0 fully saturated rings. The molecule has 0 rings (SSSR count). The maximum absolute atomic E-state index is 9.01. The highest BCUT2D eigenvalue weighted by Gasteiger charge is 2.09. The topological polar surface area (TPSA) is 23.5 Å². The first kappa shape index (κ1) is 11.9. The Balaban J connectivity index is 3.47. The van der Waals surface area contributed by atoms with Crippen molar-refractivity contribution in [3.8, 4) is 0 Å². The van der Waals surface area contributed by atoms with E-state index in [1.54, 1.807) is 0 Å². The summed E-state index contributed by atoms with van der Waals surface area (Å²) in [5, 5.41) is 9.01. The zero-order valence-electron chi connectivity index (χ0n) is 8.71. The number of nitrogens with zero attached hydrogens (tertiary/aromatic N) is 1. The smallest absolute Gasteiger partial charge is 0.0586 e. The standard InChI is InChI=1S/C10H23NO/c1-4-6-7-8-11(3)10(5-2)9-12/h10,12H,4-9H2,1-3H3/t10-/m1/s1. The predicted molar refractivity (Wildman–Crippen MR) is 53.3 cm³/mol. The van der Waals surface area contributed by atoms with Gasteiger partial charge in [0.1, 0.15) is 0 Å². The van der Waals surface area contributed by atoms with Crippen LogP contribution in [0.2, 0.25) is 0 Å². The Hall–Kier alpha value is -0.0800. The number of rotatable bonds is 7. The minimum absolute atomic E-state index is 0.291. The zero-order valence-corrected chi connectivity index (χ0v) is 8.71. The van der Waals surface area contributed by atoms with Crippen LogP contribution in [0.15, 0.2) is 0 Å². The maximum Gasteiger partial charge on any atom is 0.0586 e. The Labute approximate surface area is 76.6 Å². The van der Waals surface area contributed by atoms with E-state index in [-0.39, 0.29) is 0 Å². The van der Waals surface area contributed by atoms with Crippen molar-refractivity contribution in [3.63, 3.8) is 0 Å². The van der Waals surface area contributed by atoms with Crippen LogP contribution in [0.25, 0.3) is 0 Å². The van der Waals surface area contributed by atoms with Gasteiger partial charge in [0.2, 0.25) is 0 Å². The second-order valence-corrected chi connectivity index (χ2v) is 3.43. The van der Waals surface area contributed by atoms with Crippen LogP contribution in [0.3, 0.4) is 0 Å². The van der Waals surface area contributed by atoms with E-state index in [0.29, 0.717) is 12.6 Å².